The number of allylic oxidation sites excluding steroid dienone is 4. The molecule has 1 saturated heterocycles. The van der Waals surface area contributed by atoms with Crippen molar-refractivity contribution in [1.82, 2.24) is 0 Å². The molecule has 15 atom stereocenters. The first kappa shape index (κ1) is 39.1. The second kappa shape index (κ2) is 12.9. The summed E-state index contributed by atoms with van der Waals surface area (Å²) in [6.45, 7) is 11.9. The number of hydrogen-bond acceptors (Lipinski definition) is 9. The van der Waals surface area contributed by atoms with Gasteiger partial charge in [-0.3, -0.25) is 4.79 Å². The Balaban J connectivity index is 1.27. The van der Waals surface area contributed by atoms with E-state index in [9.17, 15) is 39.9 Å². The van der Waals surface area contributed by atoms with E-state index in [1.54, 1.807) is 7.11 Å². The number of hydrogen-bond donors (Lipinski definition) is 5. The van der Waals surface area contributed by atoms with Gasteiger partial charge in [0.05, 0.1) is 18.1 Å². The van der Waals surface area contributed by atoms with Crippen LogP contribution in [0, 0.1) is 55.7 Å². The molecule has 6 aliphatic carbocycles. The van der Waals surface area contributed by atoms with Gasteiger partial charge in [0.15, 0.2) is 12.4 Å². The summed E-state index contributed by atoms with van der Waals surface area (Å²) in [7, 11) is 1.68. The van der Waals surface area contributed by atoms with Crippen LogP contribution in [-0.2, 0) is 28.6 Å². The number of rotatable bonds is 9. The summed E-state index contributed by atoms with van der Waals surface area (Å²) in [6.07, 6.45) is 8.25. The number of carbonyl (C=O) groups is 3. The minimum absolute atomic E-state index is 0.0521. The molecule has 0 aromatic carbocycles. The Morgan fingerprint density at radius 2 is 1.70 bits per heavy atom. The molecular formula is C42H62O11. The lowest BCUT2D eigenvalue weighted by Crippen LogP contribution is -2.70. The molecule has 11 nitrogen and oxygen atoms in total. The number of aldehydes is 1. The van der Waals surface area contributed by atoms with E-state index in [-0.39, 0.29) is 39.4 Å². The summed E-state index contributed by atoms with van der Waals surface area (Å²) >= 11 is 0. The van der Waals surface area contributed by atoms with Gasteiger partial charge in [0, 0.05) is 24.9 Å². The van der Waals surface area contributed by atoms with Crippen LogP contribution in [-0.4, -0.2) is 94.3 Å². The molecule has 0 radical (unpaired) electrons. The zero-order valence-electron chi connectivity index (χ0n) is 32.4. The van der Waals surface area contributed by atoms with Crippen LogP contribution in [0.15, 0.2) is 23.8 Å². The highest BCUT2D eigenvalue weighted by atomic mass is 16.7. The van der Waals surface area contributed by atoms with Crippen LogP contribution >= 0.6 is 0 Å². The zero-order valence-corrected chi connectivity index (χ0v) is 32.4. The maximum absolute atomic E-state index is 13.9. The van der Waals surface area contributed by atoms with Gasteiger partial charge in [0.1, 0.15) is 24.6 Å². The van der Waals surface area contributed by atoms with Crippen molar-refractivity contribution in [1.29, 1.82) is 0 Å². The Morgan fingerprint density at radius 3 is 2.36 bits per heavy atom. The van der Waals surface area contributed by atoms with Crippen LogP contribution in [0.3, 0.4) is 0 Å². The van der Waals surface area contributed by atoms with E-state index in [1.165, 1.54) is 5.57 Å². The molecule has 4 saturated carbocycles. The lowest BCUT2D eigenvalue weighted by Gasteiger charge is -2.75. The number of aliphatic carboxylic acids is 2. The predicted octanol–water partition coefficient (Wildman–Crippen LogP) is 5.29. The number of carbonyl (C=O) groups excluding carboxylic acids is 1. The molecule has 7 rings (SSSR count). The van der Waals surface area contributed by atoms with Crippen molar-refractivity contribution in [3.05, 3.63) is 23.8 Å². The molecule has 5 fully saturated rings. The van der Waals surface area contributed by atoms with E-state index in [4.69, 9.17) is 14.2 Å². The third-order valence-electron chi connectivity index (χ3n) is 17.1. The Hall–Kier alpha value is -2.15. The molecule has 0 unspecified atom stereocenters. The highest BCUT2D eigenvalue weighted by molar-refractivity contribution is 5.79. The Labute approximate surface area is 313 Å². The number of ether oxygens (including phenoxy) is 3. The van der Waals surface area contributed by atoms with Crippen molar-refractivity contribution in [2.24, 2.45) is 55.7 Å². The van der Waals surface area contributed by atoms with Crippen molar-refractivity contribution >= 4 is 18.2 Å². The number of aliphatic hydroxyl groups is 3. The Kier molecular flexibility index (Phi) is 9.55. The van der Waals surface area contributed by atoms with Crippen molar-refractivity contribution < 1.29 is 54.1 Å². The molecule has 0 amide bonds. The Morgan fingerprint density at radius 1 is 0.962 bits per heavy atom. The van der Waals surface area contributed by atoms with Gasteiger partial charge >= 0.3 is 11.9 Å². The summed E-state index contributed by atoms with van der Waals surface area (Å²) in [5.74, 6) is -1.86. The molecule has 7 aliphatic rings. The summed E-state index contributed by atoms with van der Waals surface area (Å²) < 4.78 is 17.8. The second-order valence-electron chi connectivity index (χ2n) is 19.6. The van der Waals surface area contributed by atoms with Crippen LogP contribution in [0.5, 0.6) is 0 Å². The fraction of sp³-hybridized carbons (Fsp3) is 0.833. The molecule has 5 N–H and O–H groups in total. The van der Waals surface area contributed by atoms with E-state index in [0.29, 0.717) is 38.7 Å². The van der Waals surface area contributed by atoms with Gasteiger partial charge in [-0.15, -0.1) is 0 Å². The van der Waals surface area contributed by atoms with Crippen molar-refractivity contribution in [2.75, 3.05) is 13.7 Å². The average Bonchev–Trinajstić information content (AvgIpc) is 3.08. The van der Waals surface area contributed by atoms with Crippen LogP contribution in [0.25, 0.3) is 0 Å². The van der Waals surface area contributed by atoms with E-state index in [0.717, 1.165) is 51.2 Å². The van der Waals surface area contributed by atoms with Crippen LogP contribution in [0.2, 0.25) is 0 Å². The van der Waals surface area contributed by atoms with E-state index in [1.807, 2.05) is 0 Å². The number of carboxylic acids is 2. The molecule has 296 valence electrons. The lowest BCUT2D eigenvalue weighted by atomic mass is 9.29. The van der Waals surface area contributed by atoms with Gasteiger partial charge in [-0.2, -0.15) is 0 Å². The van der Waals surface area contributed by atoms with Gasteiger partial charge in [-0.1, -0.05) is 58.4 Å². The van der Waals surface area contributed by atoms with Gasteiger partial charge in [0.2, 0.25) is 0 Å². The zero-order chi connectivity index (χ0) is 38.6. The van der Waals surface area contributed by atoms with E-state index < -0.39 is 65.0 Å². The smallest absolute Gasteiger partial charge is 0.335 e. The molecule has 0 aromatic rings. The quantitative estimate of drug-likeness (QED) is 0.118. The summed E-state index contributed by atoms with van der Waals surface area (Å²) in [5.41, 5.74) is -1.58. The van der Waals surface area contributed by atoms with Crippen LogP contribution in [0.1, 0.15) is 112 Å². The highest BCUT2D eigenvalue weighted by Gasteiger charge is 2.76. The largest absolute Gasteiger partial charge is 0.481 e. The van der Waals surface area contributed by atoms with Crippen LogP contribution in [0.4, 0.5) is 0 Å². The number of aliphatic hydroxyl groups excluding tert-OH is 3. The predicted molar refractivity (Wildman–Crippen MR) is 193 cm³/mol. The van der Waals surface area contributed by atoms with Gasteiger partial charge < -0.3 is 44.5 Å². The van der Waals surface area contributed by atoms with Crippen molar-refractivity contribution in [2.45, 2.75) is 148 Å². The van der Waals surface area contributed by atoms with Crippen molar-refractivity contribution in [3.8, 4) is 0 Å². The normalized spacial score (nSPS) is 51.1. The first-order chi connectivity index (χ1) is 24.8. The first-order valence-electron chi connectivity index (χ1n) is 20.0. The van der Waals surface area contributed by atoms with E-state index in [2.05, 4.69) is 52.8 Å². The fourth-order valence-electron chi connectivity index (χ4n) is 14.9. The monoisotopic (exact) mass is 742 g/mol. The molecule has 1 aliphatic heterocycles. The SMILES string of the molecule is COC[C@H]1C[C@]2(C)CC=C[C@]3(C2)C2=CC[C@@H]4[C@@]5(C)CC[C@H](O[C@@H]6O[C@H](C(=O)O)[C@@H](O)[C@H](O)[C@H]6O)C(C)(C)[C@@H]5CC[C@@]4(C)[C@]2(CCC=O)CC[C@@]13C(=O)O. The first-order valence-corrected chi connectivity index (χ1v) is 20.0. The molecule has 53 heavy (non-hydrogen) atoms. The Bertz CT molecular complexity index is 1560. The van der Waals surface area contributed by atoms with E-state index >= 15 is 0 Å². The summed E-state index contributed by atoms with van der Waals surface area (Å²) in [6, 6.07) is 0. The maximum atomic E-state index is 13.9. The molecule has 1 heterocycles. The minimum Gasteiger partial charge on any atom is -0.481 e. The summed E-state index contributed by atoms with van der Waals surface area (Å²) in [4.78, 5) is 38.0. The minimum atomic E-state index is -1.78. The molecule has 2 bridgehead atoms. The number of carboxylic acid groups (broad SMARTS) is 2. The summed E-state index contributed by atoms with van der Waals surface area (Å²) in [5, 5.41) is 52.6. The second-order valence-corrected chi connectivity index (χ2v) is 19.6. The standard InChI is InChI=1S/C42H62O11/c1-36(2)25-11-17-39(5)26(38(25,4)16-12-28(36)52-34-31(46)29(44)30(45)32(53-34)33(47)48)9-10-27-40(39,15-8-20-43)18-19-42(35(49)50)24(22-51-6)21-37(3)13-7-14-41(27,42)23-37/h7,10,14,20,24-26,28-32,34,44-46H,8-9,11-13,15-19,21-23H2,1-6H3,(H,47,48)(H,49,50)/t24-,25+,26-,28+,29+,30+,31-,32+,34-,37+,38+,39-,40-,41+,42+/m1/s1. The van der Waals surface area contributed by atoms with Gasteiger partial charge in [0.25, 0.3) is 0 Å². The highest BCUT2D eigenvalue weighted by Crippen LogP contribution is 2.81. The van der Waals surface area contributed by atoms with Gasteiger partial charge in [-0.05, 0) is 110 Å². The van der Waals surface area contributed by atoms with Crippen molar-refractivity contribution in [3.63, 3.8) is 0 Å². The average molecular weight is 743 g/mol. The van der Waals surface area contributed by atoms with Gasteiger partial charge in [-0.25, -0.2) is 4.79 Å². The fourth-order valence-corrected chi connectivity index (χ4v) is 14.9. The van der Waals surface area contributed by atoms with Crippen LogP contribution < -0.4 is 0 Å². The third-order valence-corrected chi connectivity index (χ3v) is 17.1. The topological polar surface area (TPSA) is 180 Å². The molecule has 11 heteroatoms. The molecule has 1 spiro atoms. The lowest BCUT2D eigenvalue weighted by molar-refractivity contribution is -0.324. The number of fused-ring (bicyclic) bond motifs is 6. The number of methoxy groups -OCH3 is 1. The maximum Gasteiger partial charge on any atom is 0.335 e. The molecular weight excluding hydrogens is 680 g/mol. The molecule has 0 aromatic heterocycles. The third kappa shape index (κ3) is 5.15.